The van der Waals surface area contributed by atoms with Crippen LogP contribution in [0.25, 0.3) is 11.1 Å². The van der Waals surface area contributed by atoms with Gasteiger partial charge in [-0.15, -0.1) is 0 Å². The van der Waals surface area contributed by atoms with Gasteiger partial charge in [0.25, 0.3) is 0 Å². The second-order valence-corrected chi connectivity index (χ2v) is 11.3. The Kier molecular flexibility index (Phi) is 9.35. The Balaban J connectivity index is 1.85. The van der Waals surface area contributed by atoms with Gasteiger partial charge < -0.3 is 10.0 Å². The van der Waals surface area contributed by atoms with E-state index < -0.39 is 10.0 Å². The maximum atomic E-state index is 13.0. The number of carbonyl (C=O) groups excluding carboxylic acids is 1. The van der Waals surface area contributed by atoms with E-state index in [4.69, 9.17) is 0 Å². The summed E-state index contributed by atoms with van der Waals surface area (Å²) in [6.45, 7) is 2.12. The summed E-state index contributed by atoms with van der Waals surface area (Å²) >= 11 is 3.42. The number of carbonyl (C=O) groups is 1. The number of rotatable bonds is 11. The van der Waals surface area contributed by atoms with Gasteiger partial charge in [-0.2, -0.15) is 0 Å². The lowest BCUT2D eigenvalue weighted by molar-refractivity contribution is -0.132. The number of nitrogens with one attached hydrogen (secondary N) is 1. The molecule has 0 radical (unpaired) electrons. The minimum atomic E-state index is -3.42. The van der Waals surface area contributed by atoms with Gasteiger partial charge in [0.1, 0.15) is 5.75 Å². The number of sulfonamides is 1. The van der Waals surface area contributed by atoms with Crippen molar-refractivity contribution in [2.24, 2.45) is 0 Å². The van der Waals surface area contributed by atoms with Crippen molar-refractivity contribution in [3.8, 4) is 16.9 Å². The minimum Gasteiger partial charge on any atom is -0.507 e. The molecule has 1 saturated heterocycles. The first kappa shape index (κ1) is 25.7. The third-order valence-corrected chi connectivity index (χ3v) is 8.22. The Hall–Kier alpha value is -1.90. The lowest BCUT2D eigenvalue weighted by atomic mass is 9.95. The van der Waals surface area contributed by atoms with Crippen LogP contribution in [0.3, 0.4) is 0 Å². The van der Waals surface area contributed by atoms with Crippen LogP contribution >= 0.6 is 15.9 Å². The number of aromatic hydroxyl groups is 1. The first-order chi connectivity index (χ1) is 15.9. The molecule has 1 aliphatic heterocycles. The number of halogens is 1. The summed E-state index contributed by atoms with van der Waals surface area (Å²) in [4.78, 5) is 14.8. The fourth-order valence-corrected chi connectivity index (χ4v) is 5.69. The summed E-state index contributed by atoms with van der Waals surface area (Å²) in [6.07, 6.45) is 4.21. The number of hydrogen-bond donors (Lipinski definition) is 2. The standard InChI is InChI=1S/C25H33BrN2O4S/c1-2-33(31,32)27-22-15-17-28(24(29)14-7-4-8-16-26)23(22)18-20-12-9-13-21(25(20)30)19-10-5-3-6-11-19/h3,5-6,9-13,22-23,27,30H,2,4,7-8,14-18H2,1H3. The highest BCUT2D eigenvalue weighted by Gasteiger charge is 2.38. The summed E-state index contributed by atoms with van der Waals surface area (Å²) in [5.74, 6) is 0.217. The zero-order valence-electron chi connectivity index (χ0n) is 19.0. The van der Waals surface area contributed by atoms with Gasteiger partial charge in [-0.05, 0) is 43.7 Å². The zero-order chi connectivity index (χ0) is 23.8. The average molecular weight is 538 g/mol. The molecule has 180 valence electrons. The molecule has 0 saturated carbocycles. The van der Waals surface area contributed by atoms with Crippen LogP contribution in [-0.2, 0) is 21.2 Å². The number of nitrogens with zero attached hydrogens (tertiary/aromatic N) is 1. The number of phenols is 1. The summed E-state index contributed by atoms with van der Waals surface area (Å²) in [6, 6.07) is 14.5. The molecule has 1 heterocycles. The average Bonchev–Trinajstić information content (AvgIpc) is 3.20. The highest BCUT2D eigenvalue weighted by molar-refractivity contribution is 9.09. The Morgan fingerprint density at radius 3 is 2.58 bits per heavy atom. The van der Waals surface area contributed by atoms with Crippen molar-refractivity contribution < 1.29 is 18.3 Å². The van der Waals surface area contributed by atoms with Crippen molar-refractivity contribution in [3.05, 3.63) is 54.1 Å². The van der Waals surface area contributed by atoms with Gasteiger partial charge in [-0.25, -0.2) is 13.1 Å². The molecule has 2 aromatic carbocycles. The predicted molar refractivity (Wildman–Crippen MR) is 136 cm³/mol. The van der Waals surface area contributed by atoms with Gasteiger partial charge in [-0.1, -0.05) is 70.9 Å². The second kappa shape index (κ2) is 12.0. The quantitative estimate of drug-likeness (QED) is 0.327. The third-order valence-electron chi connectivity index (χ3n) is 6.23. The van der Waals surface area contributed by atoms with E-state index in [2.05, 4.69) is 20.7 Å². The Bertz CT molecular complexity index is 1030. The van der Waals surface area contributed by atoms with Crippen LogP contribution in [0.2, 0.25) is 0 Å². The fraction of sp³-hybridized carbons (Fsp3) is 0.480. The zero-order valence-corrected chi connectivity index (χ0v) is 21.4. The number of likely N-dealkylation sites (tertiary alicyclic amines) is 1. The van der Waals surface area contributed by atoms with Crippen LogP contribution < -0.4 is 4.72 Å². The minimum absolute atomic E-state index is 0.00848. The molecule has 2 atom stereocenters. The summed E-state index contributed by atoms with van der Waals surface area (Å²) in [5.41, 5.74) is 2.34. The molecule has 1 aliphatic rings. The summed E-state index contributed by atoms with van der Waals surface area (Å²) < 4.78 is 27.4. The Morgan fingerprint density at radius 1 is 1.12 bits per heavy atom. The van der Waals surface area contributed by atoms with Crippen molar-refractivity contribution in [2.45, 2.75) is 57.5 Å². The van der Waals surface area contributed by atoms with Crippen LogP contribution in [-0.4, -0.2) is 54.0 Å². The lowest BCUT2D eigenvalue weighted by Crippen LogP contribution is -2.48. The molecule has 33 heavy (non-hydrogen) atoms. The molecule has 0 aliphatic carbocycles. The van der Waals surface area contributed by atoms with Crippen LogP contribution in [0, 0.1) is 0 Å². The first-order valence-electron chi connectivity index (χ1n) is 11.6. The van der Waals surface area contributed by atoms with Crippen molar-refractivity contribution in [3.63, 3.8) is 0 Å². The number of unbranched alkanes of at least 4 members (excludes halogenated alkanes) is 2. The van der Waals surface area contributed by atoms with E-state index in [1.54, 1.807) is 6.92 Å². The van der Waals surface area contributed by atoms with Crippen LogP contribution in [0.4, 0.5) is 0 Å². The highest BCUT2D eigenvalue weighted by Crippen LogP contribution is 2.34. The molecule has 2 N–H and O–H groups in total. The van der Waals surface area contributed by atoms with E-state index in [0.717, 1.165) is 35.7 Å². The SMILES string of the molecule is CCS(=O)(=O)NC1CCN(C(=O)CCCCCBr)C1Cc1cccc(-c2ccccc2)c1O. The maximum Gasteiger partial charge on any atom is 0.222 e. The van der Waals surface area contributed by atoms with Crippen molar-refractivity contribution in [1.29, 1.82) is 0 Å². The molecule has 1 amide bonds. The number of amides is 1. The van der Waals surface area contributed by atoms with Crippen molar-refractivity contribution in [1.82, 2.24) is 9.62 Å². The molecule has 3 rings (SSSR count). The monoisotopic (exact) mass is 536 g/mol. The van der Waals surface area contributed by atoms with E-state index in [1.165, 1.54) is 0 Å². The summed E-state index contributed by atoms with van der Waals surface area (Å²) in [5, 5.41) is 12.0. The molecular formula is C25H33BrN2O4S. The lowest BCUT2D eigenvalue weighted by Gasteiger charge is -2.29. The van der Waals surface area contributed by atoms with E-state index in [9.17, 15) is 18.3 Å². The molecule has 2 unspecified atom stereocenters. The number of benzene rings is 2. The van der Waals surface area contributed by atoms with E-state index in [1.807, 2.05) is 53.4 Å². The topological polar surface area (TPSA) is 86.7 Å². The van der Waals surface area contributed by atoms with Gasteiger partial charge in [0, 0.05) is 29.9 Å². The van der Waals surface area contributed by atoms with Gasteiger partial charge >= 0.3 is 0 Å². The molecule has 2 aromatic rings. The van der Waals surface area contributed by atoms with Crippen LogP contribution in [0.5, 0.6) is 5.75 Å². The Morgan fingerprint density at radius 2 is 1.88 bits per heavy atom. The number of alkyl halides is 1. The van der Waals surface area contributed by atoms with E-state index >= 15 is 0 Å². The molecule has 8 heteroatoms. The smallest absolute Gasteiger partial charge is 0.222 e. The van der Waals surface area contributed by atoms with Gasteiger partial charge in [0.2, 0.25) is 15.9 Å². The second-order valence-electron chi connectivity index (χ2n) is 8.45. The fourth-order valence-electron chi connectivity index (χ4n) is 4.39. The third kappa shape index (κ3) is 6.80. The normalized spacial score (nSPS) is 18.5. The van der Waals surface area contributed by atoms with Crippen LogP contribution in [0.15, 0.2) is 48.5 Å². The van der Waals surface area contributed by atoms with Gasteiger partial charge in [0.15, 0.2) is 0 Å². The Labute approximate surface area is 205 Å². The molecule has 0 spiro atoms. The molecule has 0 bridgehead atoms. The number of para-hydroxylation sites is 1. The van der Waals surface area contributed by atoms with Crippen LogP contribution in [0.1, 0.15) is 44.6 Å². The molecule has 6 nitrogen and oxygen atoms in total. The number of hydrogen-bond acceptors (Lipinski definition) is 4. The van der Waals surface area contributed by atoms with E-state index in [0.29, 0.717) is 31.4 Å². The number of phenolic OH excluding ortho intramolecular Hbond substituents is 1. The largest absolute Gasteiger partial charge is 0.507 e. The van der Waals surface area contributed by atoms with Crippen molar-refractivity contribution >= 4 is 31.9 Å². The highest BCUT2D eigenvalue weighted by atomic mass is 79.9. The molecular weight excluding hydrogens is 504 g/mol. The first-order valence-corrected chi connectivity index (χ1v) is 14.4. The maximum absolute atomic E-state index is 13.0. The molecule has 1 fully saturated rings. The molecule has 0 aromatic heterocycles. The van der Waals surface area contributed by atoms with E-state index in [-0.39, 0.29) is 29.5 Å². The summed E-state index contributed by atoms with van der Waals surface area (Å²) in [7, 11) is -3.42. The van der Waals surface area contributed by atoms with Gasteiger partial charge in [-0.3, -0.25) is 4.79 Å². The predicted octanol–water partition coefficient (Wildman–Crippen LogP) is 4.47. The van der Waals surface area contributed by atoms with Gasteiger partial charge in [0.05, 0.1) is 11.8 Å². The van der Waals surface area contributed by atoms with Crippen molar-refractivity contribution in [2.75, 3.05) is 17.6 Å².